The molecule has 6 rings (SSSR count). The van der Waals surface area contributed by atoms with E-state index >= 15 is 0 Å². The minimum absolute atomic E-state index is 0.0969. The lowest BCUT2D eigenvalue weighted by atomic mass is 10.1. The maximum absolute atomic E-state index is 14.3. The number of nitrogens with two attached hydrogens (primary N) is 1. The van der Waals surface area contributed by atoms with Gasteiger partial charge in [0.1, 0.15) is 23.1 Å². The molecule has 9 nitrogen and oxygen atoms in total. The van der Waals surface area contributed by atoms with E-state index in [2.05, 4.69) is 25.0 Å². The Kier molecular flexibility index (Phi) is 5.06. The number of fused-ring (bicyclic) bond motifs is 2. The molecular formula is C24H22F2N8O. The van der Waals surface area contributed by atoms with E-state index < -0.39 is 11.6 Å². The molecule has 0 spiro atoms. The first-order valence-corrected chi connectivity index (χ1v) is 11.2. The van der Waals surface area contributed by atoms with Gasteiger partial charge in [-0.15, -0.1) is 5.10 Å². The number of aromatic nitrogens is 6. The van der Waals surface area contributed by atoms with Crippen LogP contribution in [0.15, 0.2) is 42.7 Å². The summed E-state index contributed by atoms with van der Waals surface area (Å²) in [6.45, 7) is 4.39. The molecule has 5 aromatic rings. The van der Waals surface area contributed by atoms with Gasteiger partial charge in [0.05, 0.1) is 18.8 Å². The minimum atomic E-state index is -0.648. The highest BCUT2D eigenvalue weighted by Crippen LogP contribution is 2.35. The van der Waals surface area contributed by atoms with Crippen molar-refractivity contribution >= 4 is 23.1 Å². The molecule has 1 aromatic carbocycles. The first kappa shape index (κ1) is 21.4. The number of nitrogen functional groups attached to an aromatic ring is 1. The summed E-state index contributed by atoms with van der Waals surface area (Å²) >= 11 is 0. The van der Waals surface area contributed by atoms with Crippen molar-refractivity contribution in [1.82, 2.24) is 29.0 Å². The van der Waals surface area contributed by atoms with Gasteiger partial charge in [0.25, 0.3) is 0 Å². The maximum Gasteiger partial charge on any atom is 0.225 e. The molecule has 2 N–H and O–H groups in total. The third-order valence-corrected chi connectivity index (χ3v) is 6.22. The van der Waals surface area contributed by atoms with Gasteiger partial charge in [0.2, 0.25) is 5.95 Å². The van der Waals surface area contributed by atoms with Crippen molar-refractivity contribution in [3.8, 4) is 11.1 Å². The molecule has 178 valence electrons. The summed E-state index contributed by atoms with van der Waals surface area (Å²) in [6, 6.07) is 7.63. The molecule has 0 saturated carbocycles. The summed E-state index contributed by atoms with van der Waals surface area (Å²) in [7, 11) is 0. The summed E-state index contributed by atoms with van der Waals surface area (Å²) in [5.74, 6) is -0.262. The van der Waals surface area contributed by atoms with Crippen molar-refractivity contribution in [3.05, 3.63) is 71.4 Å². The van der Waals surface area contributed by atoms with Crippen LogP contribution in [0.3, 0.4) is 0 Å². The Morgan fingerprint density at radius 2 is 1.83 bits per heavy atom. The van der Waals surface area contributed by atoms with Crippen LogP contribution in [0.1, 0.15) is 17.1 Å². The zero-order valence-electron chi connectivity index (χ0n) is 18.9. The van der Waals surface area contributed by atoms with E-state index in [4.69, 9.17) is 10.5 Å². The van der Waals surface area contributed by atoms with E-state index in [1.54, 1.807) is 6.20 Å². The van der Waals surface area contributed by atoms with Crippen LogP contribution in [0.2, 0.25) is 0 Å². The number of hydrogen-bond donors (Lipinski definition) is 1. The fraction of sp³-hybridized carbons (Fsp3) is 0.250. The Labute approximate surface area is 198 Å². The third kappa shape index (κ3) is 3.64. The average molecular weight is 476 g/mol. The molecular weight excluding hydrogens is 454 g/mol. The topological polar surface area (TPSA) is 98.9 Å². The fourth-order valence-corrected chi connectivity index (χ4v) is 4.43. The Balaban J connectivity index is 1.57. The zero-order valence-corrected chi connectivity index (χ0v) is 18.9. The Morgan fingerprint density at radius 1 is 1.06 bits per heavy atom. The molecule has 0 bridgehead atoms. The van der Waals surface area contributed by atoms with Crippen molar-refractivity contribution in [3.63, 3.8) is 0 Å². The molecule has 1 aliphatic rings. The molecule has 1 saturated heterocycles. The van der Waals surface area contributed by atoms with Gasteiger partial charge in [-0.3, -0.25) is 0 Å². The van der Waals surface area contributed by atoms with Gasteiger partial charge >= 0.3 is 0 Å². The molecule has 1 fully saturated rings. The second-order valence-corrected chi connectivity index (χ2v) is 8.45. The first-order chi connectivity index (χ1) is 17.0. The standard InChI is InChI=1S/C24H22F2N8O/c1-14-12-28-20-6-5-15(13-33(14)20)21-22(32-7-9-35-10-8-32)30-24(27)34-23(21)29-19(31-34)11-16-17(25)3-2-4-18(16)26/h2-6,12-13H,7-11H2,1H3,(H2,27,30). The lowest BCUT2D eigenvalue weighted by Gasteiger charge is -2.29. The predicted molar refractivity (Wildman–Crippen MR) is 126 cm³/mol. The minimum Gasteiger partial charge on any atom is -0.378 e. The number of rotatable bonds is 4. The largest absolute Gasteiger partial charge is 0.378 e. The van der Waals surface area contributed by atoms with E-state index in [1.165, 1.54) is 22.7 Å². The van der Waals surface area contributed by atoms with Crippen molar-refractivity contribution in [2.24, 2.45) is 0 Å². The average Bonchev–Trinajstić information content (AvgIpc) is 3.46. The summed E-state index contributed by atoms with van der Waals surface area (Å²) in [5.41, 5.74) is 10.0. The van der Waals surface area contributed by atoms with Crippen LogP contribution in [0.5, 0.6) is 0 Å². The van der Waals surface area contributed by atoms with Crippen LogP contribution in [-0.2, 0) is 11.2 Å². The molecule has 1 aliphatic heterocycles. The van der Waals surface area contributed by atoms with Crippen LogP contribution in [0.25, 0.3) is 22.4 Å². The number of anilines is 2. The monoisotopic (exact) mass is 476 g/mol. The van der Waals surface area contributed by atoms with Gasteiger partial charge in [-0.05, 0) is 31.2 Å². The van der Waals surface area contributed by atoms with Crippen molar-refractivity contribution in [2.75, 3.05) is 36.9 Å². The van der Waals surface area contributed by atoms with E-state index in [9.17, 15) is 8.78 Å². The lowest BCUT2D eigenvalue weighted by molar-refractivity contribution is 0.122. The van der Waals surface area contributed by atoms with E-state index in [1.807, 2.05) is 29.7 Å². The first-order valence-electron chi connectivity index (χ1n) is 11.2. The highest BCUT2D eigenvalue weighted by Gasteiger charge is 2.25. The number of halogens is 2. The van der Waals surface area contributed by atoms with Crippen LogP contribution in [0, 0.1) is 18.6 Å². The van der Waals surface area contributed by atoms with Crippen molar-refractivity contribution < 1.29 is 13.5 Å². The molecule has 4 aromatic heterocycles. The zero-order chi connectivity index (χ0) is 24.1. The number of nitrogens with zero attached hydrogens (tertiary/aromatic N) is 7. The van der Waals surface area contributed by atoms with Crippen LogP contribution < -0.4 is 10.6 Å². The second-order valence-electron chi connectivity index (χ2n) is 8.45. The van der Waals surface area contributed by atoms with Crippen LogP contribution >= 0.6 is 0 Å². The van der Waals surface area contributed by atoms with Crippen molar-refractivity contribution in [1.29, 1.82) is 0 Å². The van der Waals surface area contributed by atoms with E-state index in [-0.39, 0.29) is 23.8 Å². The SMILES string of the molecule is Cc1cnc2ccc(-c3c(N4CCOCC4)nc(N)n4nc(Cc5c(F)cccc5F)nc34)cn12. The Bertz CT molecular complexity index is 1550. The Hall–Kier alpha value is -4.12. The molecule has 0 unspecified atom stereocenters. The molecule has 0 atom stereocenters. The number of benzene rings is 1. The fourth-order valence-electron chi connectivity index (χ4n) is 4.43. The predicted octanol–water partition coefficient (Wildman–Crippen LogP) is 3.04. The van der Waals surface area contributed by atoms with Gasteiger partial charge in [-0.1, -0.05) is 6.07 Å². The quantitative estimate of drug-likeness (QED) is 0.426. The molecule has 0 radical (unpaired) electrons. The van der Waals surface area contributed by atoms with Gasteiger partial charge in [0, 0.05) is 48.7 Å². The Morgan fingerprint density at radius 3 is 2.60 bits per heavy atom. The second kappa shape index (κ2) is 8.27. The number of ether oxygens (including phenoxy) is 1. The third-order valence-electron chi connectivity index (χ3n) is 6.22. The number of morpholine rings is 1. The smallest absolute Gasteiger partial charge is 0.225 e. The lowest BCUT2D eigenvalue weighted by Crippen LogP contribution is -2.37. The van der Waals surface area contributed by atoms with Crippen LogP contribution in [0.4, 0.5) is 20.5 Å². The van der Waals surface area contributed by atoms with Gasteiger partial charge in [0.15, 0.2) is 11.5 Å². The number of aryl methyl sites for hydroxylation is 1. The molecule has 35 heavy (non-hydrogen) atoms. The van der Waals surface area contributed by atoms with Crippen LogP contribution in [-0.4, -0.2) is 55.3 Å². The molecule has 11 heteroatoms. The molecule has 0 amide bonds. The molecule has 5 heterocycles. The van der Waals surface area contributed by atoms with Gasteiger partial charge in [-0.25, -0.2) is 18.7 Å². The van der Waals surface area contributed by atoms with Gasteiger partial charge in [-0.2, -0.15) is 9.50 Å². The highest BCUT2D eigenvalue weighted by molar-refractivity contribution is 5.88. The van der Waals surface area contributed by atoms with Gasteiger partial charge < -0.3 is 19.8 Å². The summed E-state index contributed by atoms with van der Waals surface area (Å²) in [6.07, 6.45) is 3.66. The summed E-state index contributed by atoms with van der Waals surface area (Å²) in [4.78, 5) is 15.9. The normalized spacial score (nSPS) is 14.3. The van der Waals surface area contributed by atoms with Crippen molar-refractivity contribution in [2.45, 2.75) is 13.3 Å². The summed E-state index contributed by atoms with van der Waals surface area (Å²) < 4.78 is 37.6. The maximum atomic E-state index is 14.3. The molecule has 0 aliphatic carbocycles. The van der Waals surface area contributed by atoms with E-state index in [0.717, 1.165) is 22.5 Å². The highest BCUT2D eigenvalue weighted by atomic mass is 19.1. The summed E-state index contributed by atoms with van der Waals surface area (Å²) in [5, 5.41) is 4.45. The number of imidazole rings is 1. The number of hydrogen-bond acceptors (Lipinski definition) is 7. The number of pyridine rings is 1. The van der Waals surface area contributed by atoms with E-state index in [0.29, 0.717) is 37.8 Å².